The minimum atomic E-state index is -3.69. The van der Waals surface area contributed by atoms with Gasteiger partial charge in [-0.05, 0) is 68.1 Å². The van der Waals surface area contributed by atoms with Crippen LogP contribution in [0.3, 0.4) is 0 Å². The summed E-state index contributed by atoms with van der Waals surface area (Å²) in [6.07, 6.45) is 0.843. The third-order valence-electron chi connectivity index (χ3n) is 6.68. The molecule has 1 aliphatic rings. The minimum absolute atomic E-state index is 0.180. The molecule has 0 aliphatic carbocycles. The lowest BCUT2D eigenvalue weighted by molar-refractivity contribution is 0.150. The summed E-state index contributed by atoms with van der Waals surface area (Å²) in [6.45, 7) is 7.47. The first kappa shape index (κ1) is 25.2. The van der Waals surface area contributed by atoms with Crippen LogP contribution in [0.1, 0.15) is 40.8 Å². The van der Waals surface area contributed by atoms with Crippen molar-refractivity contribution in [1.82, 2.24) is 9.62 Å². The van der Waals surface area contributed by atoms with Crippen LogP contribution in [-0.4, -0.2) is 40.1 Å². The zero-order chi connectivity index (χ0) is 25.2. The first-order chi connectivity index (χ1) is 16.7. The molecule has 1 aliphatic heterocycles. The number of hydrogen-bond donors (Lipinski definition) is 1. The van der Waals surface area contributed by atoms with E-state index in [1.54, 1.807) is 26.4 Å². The molecule has 1 heterocycles. The molecule has 3 aromatic rings. The molecular weight excluding hydrogens is 460 g/mol. The number of nitrogens with one attached hydrogen (secondary N) is 1. The molecule has 0 saturated carbocycles. The molecule has 0 unspecified atom stereocenters. The Morgan fingerprint density at radius 2 is 1.51 bits per heavy atom. The Kier molecular flexibility index (Phi) is 7.50. The van der Waals surface area contributed by atoms with Crippen molar-refractivity contribution in [3.63, 3.8) is 0 Å². The highest BCUT2D eigenvalue weighted by Crippen LogP contribution is 2.40. The fourth-order valence-electron chi connectivity index (χ4n) is 4.81. The lowest BCUT2D eigenvalue weighted by Gasteiger charge is -2.41. The standard InChI is InChI=1S/C28H34N2O4S/c1-19-6-10-22(11-7-19)18-30-15-14-23-16-26(33-4)27(34-5)17-25(23)28(30)21(3)29-35(31,32)24-12-8-20(2)9-13-24/h6-13,16-17,21,28-29H,14-15,18H2,1-5H3/t21-,28+/m1/s1. The molecule has 0 bridgehead atoms. The van der Waals surface area contributed by atoms with Gasteiger partial charge in [-0.3, -0.25) is 4.90 Å². The predicted molar refractivity (Wildman–Crippen MR) is 139 cm³/mol. The fraction of sp³-hybridized carbons (Fsp3) is 0.357. The lowest BCUT2D eigenvalue weighted by atomic mass is 9.88. The van der Waals surface area contributed by atoms with Crippen molar-refractivity contribution in [2.24, 2.45) is 0 Å². The molecule has 0 aromatic heterocycles. The number of sulfonamides is 1. The molecule has 3 aromatic carbocycles. The summed E-state index contributed by atoms with van der Waals surface area (Å²) < 4.78 is 40.6. The largest absolute Gasteiger partial charge is 0.493 e. The van der Waals surface area contributed by atoms with Gasteiger partial charge in [0, 0.05) is 19.1 Å². The molecule has 7 heteroatoms. The monoisotopic (exact) mass is 494 g/mol. The maximum Gasteiger partial charge on any atom is 0.240 e. The molecule has 35 heavy (non-hydrogen) atoms. The van der Waals surface area contributed by atoms with Crippen molar-refractivity contribution in [3.05, 3.63) is 88.5 Å². The third kappa shape index (κ3) is 5.53. The SMILES string of the molecule is COc1cc2c(cc1OC)[C@H]([C@@H](C)NS(=O)(=O)c1ccc(C)cc1)N(Cc1ccc(C)cc1)CC2. The van der Waals surface area contributed by atoms with Crippen LogP contribution in [0.15, 0.2) is 65.6 Å². The number of aryl methyl sites for hydroxylation is 2. The van der Waals surface area contributed by atoms with Gasteiger partial charge in [-0.1, -0.05) is 47.5 Å². The van der Waals surface area contributed by atoms with Gasteiger partial charge in [0.15, 0.2) is 11.5 Å². The van der Waals surface area contributed by atoms with Crippen molar-refractivity contribution in [3.8, 4) is 11.5 Å². The first-order valence-electron chi connectivity index (χ1n) is 11.8. The number of nitrogens with zero attached hydrogens (tertiary/aromatic N) is 1. The van der Waals surface area contributed by atoms with Gasteiger partial charge < -0.3 is 9.47 Å². The molecule has 0 amide bonds. The van der Waals surface area contributed by atoms with Crippen LogP contribution in [0.4, 0.5) is 0 Å². The summed E-state index contributed by atoms with van der Waals surface area (Å²) in [6, 6.07) is 18.9. The highest BCUT2D eigenvalue weighted by atomic mass is 32.2. The van der Waals surface area contributed by atoms with Gasteiger partial charge in [0.25, 0.3) is 0 Å². The second-order valence-electron chi connectivity index (χ2n) is 9.28. The molecule has 1 N–H and O–H groups in total. The van der Waals surface area contributed by atoms with Crippen molar-refractivity contribution in [2.75, 3.05) is 20.8 Å². The molecular formula is C28H34N2O4S. The molecule has 0 spiro atoms. The molecule has 0 saturated heterocycles. The van der Waals surface area contributed by atoms with Crippen LogP contribution in [0.25, 0.3) is 0 Å². The van der Waals surface area contributed by atoms with Crippen molar-refractivity contribution in [2.45, 2.75) is 50.7 Å². The van der Waals surface area contributed by atoms with E-state index in [1.807, 2.05) is 38.1 Å². The normalized spacial score (nSPS) is 17.0. The number of benzene rings is 3. The zero-order valence-electron chi connectivity index (χ0n) is 21.0. The maximum absolute atomic E-state index is 13.3. The fourth-order valence-corrected chi connectivity index (χ4v) is 6.06. The summed E-state index contributed by atoms with van der Waals surface area (Å²) in [4.78, 5) is 2.62. The topological polar surface area (TPSA) is 67.9 Å². The number of fused-ring (bicyclic) bond motifs is 1. The molecule has 2 atom stereocenters. The van der Waals surface area contributed by atoms with Gasteiger partial charge >= 0.3 is 0 Å². The van der Waals surface area contributed by atoms with E-state index >= 15 is 0 Å². The van der Waals surface area contributed by atoms with E-state index in [2.05, 4.69) is 40.8 Å². The Labute approximate surface area is 208 Å². The molecule has 0 radical (unpaired) electrons. The predicted octanol–water partition coefficient (Wildman–Crippen LogP) is 4.79. The Morgan fingerprint density at radius 3 is 2.11 bits per heavy atom. The van der Waals surface area contributed by atoms with Crippen LogP contribution in [-0.2, 0) is 23.0 Å². The molecule has 4 rings (SSSR count). The van der Waals surface area contributed by atoms with Crippen molar-refractivity contribution < 1.29 is 17.9 Å². The van der Waals surface area contributed by atoms with E-state index < -0.39 is 10.0 Å². The summed E-state index contributed by atoms with van der Waals surface area (Å²) in [5, 5.41) is 0. The van der Waals surface area contributed by atoms with Crippen LogP contribution >= 0.6 is 0 Å². The van der Waals surface area contributed by atoms with E-state index in [4.69, 9.17) is 9.47 Å². The quantitative estimate of drug-likeness (QED) is 0.488. The van der Waals surface area contributed by atoms with E-state index in [1.165, 1.54) is 11.1 Å². The highest BCUT2D eigenvalue weighted by molar-refractivity contribution is 7.89. The van der Waals surface area contributed by atoms with Crippen LogP contribution < -0.4 is 14.2 Å². The number of methoxy groups -OCH3 is 2. The zero-order valence-corrected chi connectivity index (χ0v) is 21.9. The Morgan fingerprint density at radius 1 is 0.943 bits per heavy atom. The van der Waals surface area contributed by atoms with Gasteiger partial charge in [0.2, 0.25) is 10.0 Å². The van der Waals surface area contributed by atoms with Crippen LogP contribution in [0.2, 0.25) is 0 Å². The molecule has 6 nitrogen and oxygen atoms in total. The van der Waals surface area contributed by atoms with Gasteiger partial charge in [-0.15, -0.1) is 0 Å². The number of rotatable bonds is 8. The van der Waals surface area contributed by atoms with Gasteiger partial charge in [0.05, 0.1) is 25.2 Å². The highest BCUT2D eigenvalue weighted by Gasteiger charge is 2.35. The van der Waals surface area contributed by atoms with Crippen molar-refractivity contribution >= 4 is 10.0 Å². The van der Waals surface area contributed by atoms with E-state index in [-0.39, 0.29) is 17.0 Å². The average molecular weight is 495 g/mol. The third-order valence-corrected chi connectivity index (χ3v) is 8.25. The van der Waals surface area contributed by atoms with E-state index in [0.717, 1.165) is 36.2 Å². The minimum Gasteiger partial charge on any atom is -0.493 e. The van der Waals surface area contributed by atoms with Crippen LogP contribution in [0.5, 0.6) is 11.5 Å². The van der Waals surface area contributed by atoms with Crippen LogP contribution in [0, 0.1) is 13.8 Å². The molecule has 0 fully saturated rings. The number of hydrogen-bond acceptors (Lipinski definition) is 5. The van der Waals surface area contributed by atoms with E-state index in [9.17, 15) is 8.42 Å². The summed E-state index contributed by atoms with van der Waals surface area (Å²) >= 11 is 0. The van der Waals surface area contributed by atoms with Crippen molar-refractivity contribution in [1.29, 1.82) is 0 Å². The number of ether oxygens (including phenoxy) is 2. The van der Waals surface area contributed by atoms with Gasteiger partial charge in [0.1, 0.15) is 0 Å². The Balaban J connectivity index is 1.71. The summed E-state index contributed by atoms with van der Waals surface area (Å²) in [5.41, 5.74) is 5.63. The second-order valence-corrected chi connectivity index (χ2v) is 11.0. The van der Waals surface area contributed by atoms with E-state index in [0.29, 0.717) is 11.5 Å². The van der Waals surface area contributed by atoms with Gasteiger partial charge in [-0.2, -0.15) is 0 Å². The average Bonchev–Trinajstić information content (AvgIpc) is 2.84. The molecule has 186 valence electrons. The Hall–Kier alpha value is -2.87. The first-order valence-corrected chi connectivity index (χ1v) is 13.3. The maximum atomic E-state index is 13.3. The Bertz CT molecular complexity index is 1270. The smallest absolute Gasteiger partial charge is 0.240 e. The van der Waals surface area contributed by atoms with Gasteiger partial charge in [-0.25, -0.2) is 13.1 Å². The summed E-state index contributed by atoms with van der Waals surface area (Å²) in [5.74, 6) is 1.33. The lowest BCUT2D eigenvalue weighted by Crippen LogP contribution is -2.47. The second kappa shape index (κ2) is 10.4. The summed E-state index contributed by atoms with van der Waals surface area (Å²) in [7, 11) is -0.439.